The molecule has 0 aliphatic heterocycles. The summed E-state index contributed by atoms with van der Waals surface area (Å²) in [4.78, 5) is 5.31. The number of nitriles is 1. The van der Waals surface area contributed by atoms with Gasteiger partial charge in [-0.05, 0) is 25.1 Å². The van der Waals surface area contributed by atoms with Crippen LogP contribution in [0.4, 0.5) is 0 Å². The van der Waals surface area contributed by atoms with E-state index in [2.05, 4.69) is 27.0 Å². The summed E-state index contributed by atoms with van der Waals surface area (Å²) >= 11 is 6.48. The van der Waals surface area contributed by atoms with Crippen LogP contribution in [-0.2, 0) is 0 Å². The molecule has 0 radical (unpaired) electrons. The minimum absolute atomic E-state index is 0.673. The third kappa shape index (κ3) is 2.64. The van der Waals surface area contributed by atoms with Gasteiger partial charge in [-0.15, -0.1) is 11.3 Å². The first-order valence-corrected chi connectivity index (χ1v) is 6.97. The lowest BCUT2D eigenvalue weighted by atomic mass is 10.2. The summed E-state index contributed by atoms with van der Waals surface area (Å²) in [7, 11) is 0. The Labute approximate surface area is 110 Å². The maximum Gasteiger partial charge on any atom is 0.154 e. The van der Waals surface area contributed by atoms with Crippen LogP contribution < -0.4 is 0 Å². The number of hydrogen-bond donors (Lipinski definition) is 0. The molecular formula is C11H7BrN2S2. The molecule has 2 rings (SSSR count). The van der Waals surface area contributed by atoms with Crippen LogP contribution in [0, 0.1) is 18.3 Å². The summed E-state index contributed by atoms with van der Waals surface area (Å²) in [5.74, 6) is 0. The van der Waals surface area contributed by atoms with Gasteiger partial charge < -0.3 is 0 Å². The van der Waals surface area contributed by atoms with Crippen molar-refractivity contribution in [2.45, 2.75) is 16.2 Å². The molecule has 16 heavy (non-hydrogen) atoms. The Morgan fingerprint density at radius 1 is 1.50 bits per heavy atom. The van der Waals surface area contributed by atoms with Crippen LogP contribution in [0.3, 0.4) is 0 Å². The second-order valence-corrected chi connectivity index (χ2v) is 6.17. The van der Waals surface area contributed by atoms with Crippen molar-refractivity contribution in [1.82, 2.24) is 4.98 Å². The summed E-state index contributed by atoms with van der Waals surface area (Å²) in [5.41, 5.74) is 1.69. The minimum atomic E-state index is 0.673. The van der Waals surface area contributed by atoms with Crippen molar-refractivity contribution >= 4 is 39.0 Å². The second-order valence-electron chi connectivity index (χ2n) is 3.11. The number of aromatic nitrogens is 1. The van der Waals surface area contributed by atoms with E-state index in [0.717, 1.165) is 19.4 Å². The molecule has 0 bridgehead atoms. The molecule has 0 spiro atoms. The molecule has 1 aromatic carbocycles. The zero-order valence-electron chi connectivity index (χ0n) is 8.40. The molecule has 1 aromatic heterocycles. The molecule has 0 aliphatic rings. The molecule has 80 valence electrons. The Balaban J connectivity index is 2.31. The zero-order valence-corrected chi connectivity index (χ0v) is 11.6. The van der Waals surface area contributed by atoms with Crippen molar-refractivity contribution in [3.8, 4) is 6.07 Å². The molecule has 2 aromatic rings. The quantitative estimate of drug-likeness (QED) is 0.832. The van der Waals surface area contributed by atoms with E-state index in [1.807, 2.05) is 30.5 Å². The smallest absolute Gasteiger partial charge is 0.154 e. The van der Waals surface area contributed by atoms with Crippen molar-refractivity contribution < 1.29 is 0 Å². The van der Waals surface area contributed by atoms with E-state index in [9.17, 15) is 0 Å². The second kappa shape index (κ2) is 5.00. The number of thiazole rings is 1. The van der Waals surface area contributed by atoms with Crippen LogP contribution >= 0.6 is 39.0 Å². The van der Waals surface area contributed by atoms with Crippen molar-refractivity contribution in [2.24, 2.45) is 0 Å². The van der Waals surface area contributed by atoms with Crippen molar-refractivity contribution in [2.75, 3.05) is 0 Å². The van der Waals surface area contributed by atoms with E-state index < -0.39 is 0 Å². The van der Waals surface area contributed by atoms with E-state index in [-0.39, 0.29) is 0 Å². The largest absolute Gasteiger partial charge is 0.235 e. The first kappa shape index (κ1) is 11.6. The van der Waals surface area contributed by atoms with Gasteiger partial charge in [0.1, 0.15) is 6.07 Å². The molecule has 0 saturated carbocycles. The Hall–Kier alpha value is -0.830. The molecular weight excluding hydrogens is 304 g/mol. The van der Waals surface area contributed by atoms with Crippen LogP contribution in [0.1, 0.15) is 11.3 Å². The van der Waals surface area contributed by atoms with Gasteiger partial charge in [0.15, 0.2) is 4.34 Å². The van der Waals surface area contributed by atoms with E-state index in [0.29, 0.717) is 5.56 Å². The fraction of sp³-hybridized carbons (Fsp3) is 0.0909. The van der Waals surface area contributed by atoms with Crippen LogP contribution in [0.15, 0.2) is 37.3 Å². The molecule has 0 unspecified atom stereocenters. The lowest BCUT2D eigenvalue weighted by Crippen LogP contribution is -1.81. The van der Waals surface area contributed by atoms with Gasteiger partial charge in [-0.25, -0.2) is 4.98 Å². The topological polar surface area (TPSA) is 36.7 Å². The Kier molecular flexibility index (Phi) is 3.64. The number of hydrogen-bond acceptors (Lipinski definition) is 4. The molecule has 0 amide bonds. The normalized spacial score (nSPS) is 10.1. The predicted octanol–water partition coefficient (Wildman–Crippen LogP) is 4.24. The van der Waals surface area contributed by atoms with Gasteiger partial charge in [0.25, 0.3) is 0 Å². The van der Waals surface area contributed by atoms with Crippen molar-refractivity contribution in [1.29, 1.82) is 5.26 Å². The van der Waals surface area contributed by atoms with Gasteiger partial charge in [-0.2, -0.15) is 5.26 Å². The van der Waals surface area contributed by atoms with Gasteiger partial charge in [0, 0.05) is 20.4 Å². The highest BCUT2D eigenvalue weighted by molar-refractivity contribution is 9.10. The Morgan fingerprint density at radius 2 is 2.31 bits per heavy atom. The third-order valence-electron chi connectivity index (χ3n) is 1.86. The molecule has 2 nitrogen and oxygen atoms in total. The summed E-state index contributed by atoms with van der Waals surface area (Å²) < 4.78 is 1.89. The lowest BCUT2D eigenvalue weighted by Gasteiger charge is -2.01. The van der Waals surface area contributed by atoms with E-state index >= 15 is 0 Å². The summed E-state index contributed by atoms with van der Waals surface area (Å²) in [6, 6.07) is 7.88. The van der Waals surface area contributed by atoms with Crippen molar-refractivity contribution in [3.05, 3.63) is 39.3 Å². The SMILES string of the molecule is Cc1csc(Sc2ccc(Br)cc2C#N)n1. The van der Waals surface area contributed by atoms with Gasteiger partial charge in [-0.3, -0.25) is 0 Å². The molecule has 0 N–H and O–H groups in total. The maximum atomic E-state index is 9.02. The van der Waals surface area contributed by atoms with Crippen LogP contribution in [0.2, 0.25) is 0 Å². The molecule has 0 aliphatic carbocycles. The van der Waals surface area contributed by atoms with E-state index in [1.54, 1.807) is 11.3 Å². The highest BCUT2D eigenvalue weighted by Crippen LogP contribution is 2.33. The standard InChI is InChI=1S/C11H7BrN2S2/c1-7-6-15-11(14-7)16-10-3-2-9(12)4-8(10)5-13/h2-4,6H,1H3. The highest BCUT2D eigenvalue weighted by Gasteiger charge is 2.07. The lowest BCUT2D eigenvalue weighted by molar-refractivity contribution is 1.16. The van der Waals surface area contributed by atoms with E-state index in [1.165, 1.54) is 11.8 Å². The Bertz CT molecular complexity index is 557. The van der Waals surface area contributed by atoms with E-state index in [4.69, 9.17) is 5.26 Å². The van der Waals surface area contributed by atoms with Gasteiger partial charge >= 0.3 is 0 Å². The number of halogens is 1. The van der Waals surface area contributed by atoms with Gasteiger partial charge in [0.05, 0.1) is 5.56 Å². The Morgan fingerprint density at radius 3 is 2.94 bits per heavy atom. The molecule has 1 heterocycles. The fourth-order valence-corrected chi connectivity index (χ4v) is 3.37. The van der Waals surface area contributed by atoms with Crippen molar-refractivity contribution in [3.63, 3.8) is 0 Å². The molecule has 0 saturated heterocycles. The summed E-state index contributed by atoms with van der Waals surface area (Å²) in [5, 5.41) is 11.0. The first-order valence-electron chi connectivity index (χ1n) is 4.48. The number of benzene rings is 1. The zero-order chi connectivity index (χ0) is 11.5. The van der Waals surface area contributed by atoms with Gasteiger partial charge in [0.2, 0.25) is 0 Å². The monoisotopic (exact) mass is 310 g/mol. The molecule has 5 heteroatoms. The third-order valence-corrected chi connectivity index (χ3v) is 4.48. The maximum absolute atomic E-state index is 9.02. The number of rotatable bonds is 2. The van der Waals surface area contributed by atoms with Gasteiger partial charge in [-0.1, -0.05) is 27.7 Å². The van der Waals surface area contributed by atoms with Crippen LogP contribution in [0.25, 0.3) is 0 Å². The van der Waals surface area contributed by atoms with Crippen LogP contribution in [0.5, 0.6) is 0 Å². The molecule has 0 fully saturated rings. The fourth-order valence-electron chi connectivity index (χ4n) is 1.15. The van der Waals surface area contributed by atoms with Crippen LogP contribution in [-0.4, -0.2) is 4.98 Å². The first-order chi connectivity index (χ1) is 7.69. The average Bonchev–Trinajstić information content (AvgIpc) is 2.67. The predicted molar refractivity (Wildman–Crippen MR) is 69.8 cm³/mol. The highest BCUT2D eigenvalue weighted by atomic mass is 79.9. The minimum Gasteiger partial charge on any atom is -0.235 e. The average molecular weight is 311 g/mol. The number of aryl methyl sites for hydroxylation is 1. The molecule has 0 atom stereocenters. The number of nitrogens with zero attached hydrogens (tertiary/aromatic N) is 2. The summed E-state index contributed by atoms with van der Waals surface area (Å²) in [6.07, 6.45) is 0. The summed E-state index contributed by atoms with van der Waals surface area (Å²) in [6.45, 7) is 1.97.